The van der Waals surface area contributed by atoms with Crippen molar-refractivity contribution in [2.75, 3.05) is 32.7 Å². The molecular weight excluding hydrogens is 430 g/mol. The number of amides is 1. The summed E-state index contributed by atoms with van der Waals surface area (Å²) in [7, 11) is 0. The predicted molar refractivity (Wildman–Crippen MR) is 144 cm³/mol. The second-order valence-electron chi connectivity index (χ2n) is 9.70. The van der Waals surface area contributed by atoms with E-state index >= 15 is 0 Å². The number of benzene rings is 3. The van der Waals surface area contributed by atoms with Crippen molar-refractivity contribution >= 4 is 16.8 Å². The van der Waals surface area contributed by atoms with Crippen LogP contribution in [0.5, 0.6) is 0 Å². The summed E-state index contributed by atoms with van der Waals surface area (Å²) in [6.07, 6.45) is 2.78. The summed E-state index contributed by atoms with van der Waals surface area (Å²) < 4.78 is 2.34. The zero-order chi connectivity index (χ0) is 24.2. The zero-order valence-corrected chi connectivity index (χ0v) is 20.9. The molecule has 0 saturated carbocycles. The van der Waals surface area contributed by atoms with Gasteiger partial charge in [0.05, 0.1) is 0 Å². The number of rotatable bonds is 7. The third-order valence-electron chi connectivity index (χ3n) is 7.42. The van der Waals surface area contributed by atoms with Crippen LogP contribution >= 0.6 is 0 Å². The molecule has 1 aliphatic rings. The van der Waals surface area contributed by atoms with Crippen LogP contribution in [0.1, 0.15) is 41.5 Å². The topological polar surface area (TPSA) is 28.5 Å². The van der Waals surface area contributed by atoms with E-state index in [1.807, 2.05) is 0 Å². The lowest BCUT2D eigenvalue weighted by Crippen LogP contribution is -2.48. The van der Waals surface area contributed by atoms with Crippen molar-refractivity contribution in [1.82, 2.24) is 14.4 Å². The Morgan fingerprint density at radius 3 is 2.26 bits per heavy atom. The van der Waals surface area contributed by atoms with E-state index in [1.165, 1.54) is 33.2 Å². The number of aromatic nitrogens is 1. The van der Waals surface area contributed by atoms with Crippen LogP contribution in [-0.4, -0.2) is 53.0 Å². The minimum Gasteiger partial charge on any atom is -0.343 e. The van der Waals surface area contributed by atoms with Crippen LogP contribution in [0.15, 0.2) is 85.1 Å². The number of hydrogen-bond acceptors (Lipinski definition) is 2. The number of piperazine rings is 1. The predicted octanol–water partition coefficient (Wildman–Crippen LogP) is 5.68. The maximum atomic E-state index is 13.6. The van der Waals surface area contributed by atoms with Crippen LogP contribution in [0.25, 0.3) is 10.9 Å². The van der Waals surface area contributed by atoms with E-state index in [2.05, 4.69) is 113 Å². The van der Waals surface area contributed by atoms with Gasteiger partial charge in [-0.15, -0.1) is 0 Å². The fourth-order valence-corrected chi connectivity index (χ4v) is 5.29. The summed E-state index contributed by atoms with van der Waals surface area (Å²) in [5, 5.41) is 1.23. The molecule has 4 heteroatoms. The van der Waals surface area contributed by atoms with Gasteiger partial charge < -0.3 is 14.4 Å². The monoisotopic (exact) mass is 465 g/mol. The maximum Gasteiger partial charge on any atom is 0.223 e. The average Bonchev–Trinajstić information content (AvgIpc) is 3.26. The van der Waals surface area contributed by atoms with E-state index in [1.54, 1.807) is 0 Å². The summed E-state index contributed by atoms with van der Waals surface area (Å²) in [5.74, 6) is 0.278. The Kier molecular flexibility index (Phi) is 7.01. The van der Waals surface area contributed by atoms with Crippen LogP contribution in [0.4, 0.5) is 0 Å². The summed E-state index contributed by atoms with van der Waals surface area (Å²) in [4.78, 5) is 18.0. The Morgan fingerprint density at radius 2 is 1.54 bits per heavy atom. The molecule has 0 bridgehead atoms. The van der Waals surface area contributed by atoms with Crippen LogP contribution in [-0.2, 0) is 11.3 Å². The van der Waals surface area contributed by atoms with Crippen molar-refractivity contribution < 1.29 is 4.79 Å². The highest BCUT2D eigenvalue weighted by Crippen LogP contribution is 2.36. The van der Waals surface area contributed by atoms with Gasteiger partial charge in [-0.2, -0.15) is 0 Å². The van der Waals surface area contributed by atoms with Gasteiger partial charge in [-0.05, 0) is 36.2 Å². The molecule has 2 heterocycles. The molecule has 1 saturated heterocycles. The van der Waals surface area contributed by atoms with Gasteiger partial charge in [0, 0.05) is 62.2 Å². The highest BCUT2D eigenvalue weighted by Gasteiger charge is 2.27. The molecule has 0 aliphatic carbocycles. The van der Waals surface area contributed by atoms with Gasteiger partial charge in [0.2, 0.25) is 5.91 Å². The first-order valence-corrected chi connectivity index (χ1v) is 12.8. The molecule has 0 radical (unpaired) electrons. The van der Waals surface area contributed by atoms with E-state index in [-0.39, 0.29) is 11.8 Å². The summed E-state index contributed by atoms with van der Waals surface area (Å²) >= 11 is 0. The first kappa shape index (κ1) is 23.4. The lowest BCUT2D eigenvalue weighted by atomic mass is 9.87. The number of carbonyl (C=O) groups is 1. The maximum absolute atomic E-state index is 13.6. The Balaban J connectivity index is 1.51. The SMILES string of the molecule is CCN1CCN(C(=O)C[C@H](c2ccc(C)cc2)c2cn(Cc3ccccc3)c3ccccc23)CC1. The van der Waals surface area contributed by atoms with E-state index in [0.717, 1.165) is 39.3 Å². The van der Waals surface area contributed by atoms with Crippen molar-refractivity contribution in [2.24, 2.45) is 0 Å². The number of aryl methyl sites for hydroxylation is 1. The van der Waals surface area contributed by atoms with Crippen molar-refractivity contribution in [1.29, 1.82) is 0 Å². The number of carbonyl (C=O) groups excluding carboxylic acids is 1. The smallest absolute Gasteiger partial charge is 0.223 e. The lowest BCUT2D eigenvalue weighted by Gasteiger charge is -2.35. The molecular formula is C31H35N3O. The molecule has 4 nitrogen and oxygen atoms in total. The molecule has 1 atom stereocenters. The molecule has 0 unspecified atom stereocenters. The minimum atomic E-state index is 0.0224. The van der Waals surface area contributed by atoms with Crippen molar-refractivity contribution in [3.05, 3.63) is 107 Å². The summed E-state index contributed by atoms with van der Waals surface area (Å²) in [6, 6.07) is 27.9. The number of hydrogen-bond donors (Lipinski definition) is 0. The fraction of sp³-hybridized carbons (Fsp3) is 0.323. The molecule has 35 heavy (non-hydrogen) atoms. The van der Waals surface area contributed by atoms with E-state index < -0.39 is 0 Å². The van der Waals surface area contributed by atoms with Crippen LogP contribution in [0, 0.1) is 6.92 Å². The second-order valence-corrected chi connectivity index (χ2v) is 9.70. The summed E-state index contributed by atoms with van der Waals surface area (Å²) in [6.45, 7) is 9.75. The van der Waals surface area contributed by atoms with Crippen LogP contribution in [0.2, 0.25) is 0 Å². The number of fused-ring (bicyclic) bond motifs is 1. The molecule has 5 rings (SSSR count). The van der Waals surface area contributed by atoms with Gasteiger partial charge in [0.1, 0.15) is 0 Å². The molecule has 1 fully saturated rings. The van der Waals surface area contributed by atoms with E-state index in [0.29, 0.717) is 6.42 Å². The van der Waals surface area contributed by atoms with E-state index in [9.17, 15) is 4.79 Å². The zero-order valence-electron chi connectivity index (χ0n) is 20.9. The molecule has 1 amide bonds. The standard InChI is InChI=1S/C31H35N3O/c1-3-32-17-19-33(20-18-32)31(35)21-28(26-15-13-24(2)14-16-26)29-23-34(22-25-9-5-4-6-10-25)30-12-8-7-11-27(29)30/h4-16,23,28H,3,17-22H2,1-2H3/t28-/m1/s1. The molecule has 1 aliphatic heterocycles. The largest absolute Gasteiger partial charge is 0.343 e. The lowest BCUT2D eigenvalue weighted by molar-refractivity contribution is -0.133. The van der Waals surface area contributed by atoms with Crippen LogP contribution in [0.3, 0.4) is 0 Å². The molecule has 4 aromatic rings. The molecule has 0 spiro atoms. The van der Waals surface area contributed by atoms with Gasteiger partial charge >= 0.3 is 0 Å². The van der Waals surface area contributed by atoms with Crippen molar-refractivity contribution in [3.63, 3.8) is 0 Å². The normalized spacial score (nSPS) is 15.4. The van der Waals surface area contributed by atoms with Gasteiger partial charge in [-0.3, -0.25) is 4.79 Å². The average molecular weight is 466 g/mol. The van der Waals surface area contributed by atoms with Gasteiger partial charge in [-0.25, -0.2) is 0 Å². The van der Waals surface area contributed by atoms with Gasteiger partial charge in [0.25, 0.3) is 0 Å². The quantitative estimate of drug-likeness (QED) is 0.351. The number of nitrogens with zero attached hydrogens (tertiary/aromatic N) is 3. The van der Waals surface area contributed by atoms with Crippen molar-refractivity contribution in [3.8, 4) is 0 Å². The summed E-state index contributed by atoms with van der Waals surface area (Å²) in [5.41, 5.74) is 6.17. The molecule has 1 aromatic heterocycles. The Bertz CT molecular complexity index is 1270. The number of likely N-dealkylation sites (N-methyl/N-ethyl adjacent to an activating group) is 1. The highest BCUT2D eigenvalue weighted by molar-refractivity contribution is 5.87. The van der Waals surface area contributed by atoms with Gasteiger partial charge in [0.15, 0.2) is 0 Å². The molecule has 0 N–H and O–H groups in total. The second kappa shape index (κ2) is 10.5. The Hall–Kier alpha value is -3.37. The Morgan fingerprint density at radius 1 is 0.857 bits per heavy atom. The minimum absolute atomic E-state index is 0.0224. The fourth-order valence-electron chi connectivity index (χ4n) is 5.29. The molecule has 180 valence electrons. The molecule has 3 aromatic carbocycles. The Labute approximate surface area is 208 Å². The van der Waals surface area contributed by atoms with E-state index in [4.69, 9.17) is 0 Å². The number of para-hydroxylation sites is 1. The first-order chi connectivity index (χ1) is 17.1. The third kappa shape index (κ3) is 5.18. The third-order valence-corrected chi connectivity index (χ3v) is 7.42. The van der Waals surface area contributed by atoms with Gasteiger partial charge in [-0.1, -0.05) is 85.3 Å². The van der Waals surface area contributed by atoms with Crippen LogP contribution < -0.4 is 0 Å². The first-order valence-electron chi connectivity index (χ1n) is 12.8. The van der Waals surface area contributed by atoms with Crippen molar-refractivity contribution in [2.45, 2.75) is 32.7 Å². The highest BCUT2D eigenvalue weighted by atomic mass is 16.2.